The maximum Gasteiger partial charge on any atom is 0.407 e. The van der Waals surface area contributed by atoms with Gasteiger partial charge in [-0.1, -0.05) is 13.8 Å². The van der Waals surface area contributed by atoms with E-state index in [4.69, 9.17) is 4.74 Å². The highest BCUT2D eigenvalue weighted by molar-refractivity contribution is 7.91. The summed E-state index contributed by atoms with van der Waals surface area (Å²) in [5.74, 6) is 1.04. The fourth-order valence-corrected chi connectivity index (χ4v) is 4.09. The molecule has 0 saturated carbocycles. The van der Waals surface area contributed by atoms with Gasteiger partial charge in [0.2, 0.25) is 0 Å². The first-order valence-corrected chi connectivity index (χ1v) is 10.4. The van der Waals surface area contributed by atoms with E-state index in [1.807, 2.05) is 34.6 Å². The van der Waals surface area contributed by atoms with Gasteiger partial charge < -0.3 is 20.7 Å². The summed E-state index contributed by atoms with van der Waals surface area (Å²) < 4.78 is 28.4. The Labute approximate surface area is 151 Å². The molecule has 1 amide bonds. The number of hydrogen-bond acceptors (Lipinski definition) is 5. The van der Waals surface area contributed by atoms with Crippen LogP contribution in [0.5, 0.6) is 0 Å². The van der Waals surface area contributed by atoms with Crippen LogP contribution < -0.4 is 16.0 Å². The lowest BCUT2D eigenvalue weighted by Crippen LogP contribution is -2.51. The number of amides is 1. The van der Waals surface area contributed by atoms with Crippen LogP contribution in [0.4, 0.5) is 4.79 Å². The van der Waals surface area contributed by atoms with Crippen molar-refractivity contribution in [1.29, 1.82) is 0 Å². The number of aliphatic imine (C=N–C) groups is 1. The molecule has 8 nitrogen and oxygen atoms in total. The third-order valence-corrected chi connectivity index (χ3v) is 5.56. The van der Waals surface area contributed by atoms with Crippen LogP contribution >= 0.6 is 0 Å². The molecule has 0 bridgehead atoms. The molecule has 1 rings (SSSR count). The molecule has 1 aliphatic heterocycles. The van der Waals surface area contributed by atoms with E-state index in [1.54, 1.807) is 7.05 Å². The molecule has 1 saturated heterocycles. The van der Waals surface area contributed by atoms with Gasteiger partial charge >= 0.3 is 6.09 Å². The highest BCUT2D eigenvalue weighted by Crippen LogP contribution is 2.11. The molecule has 0 spiro atoms. The lowest BCUT2D eigenvalue weighted by molar-refractivity contribution is 0.0491. The van der Waals surface area contributed by atoms with E-state index in [0.29, 0.717) is 18.9 Å². The molecular weight excluding hydrogens is 344 g/mol. The number of rotatable bonds is 5. The molecule has 0 aromatic heterocycles. The quantitative estimate of drug-likeness (QED) is 0.486. The Morgan fingerprint density at radius 1 is 1.32 bits per heavy atom. The molecule has 9 heteroatoms. The number of nitrogens with zero attached hydrogens (tertiary/aromatic N) is 1. The third kappa shape index (κ3) is 8.42. The second-order valence-electron chi connectivity index (χ2n) is 7.69. The van der Waals surface area contributed by atoms with Gasteiger partial charge in [0.15, 0.2) is 15.8 Å². The molecule has 0 radical (unpaired) electrons. The third-order valence-electron chi connectivity index (χ3n) is 3.79. The number of hydrogen-bond donors (Lipinski definition) is 3. The molecule has 0 aromatic carbocycles. The lowest BCUT2D eigenvalue weighted by Gasteiger charge is -2.27. The lowest BCUT2D eigenvalue weighted by atomic mass is 10.0. The van der Waals surface area contributed by atoms with E-state index in [1.165, 1.54) is 0 Å². The zero-order valence-corrected chi connectivity index (χ0v) is 16.9. The first kappa shape index (κ1) is 21.5. The summed E-state index contributed by atoms with van der Waals surface area (Å²) in [7, 11) is -1.32. The topological polar surface area (TPSA) is 109 Å². The van der Waals surface area contributed by atoms with Crippen molar-refractivity contribution in [2.45, 2.75) is 58.7 Å². The highest BCUT2D eigenvalue weighted by atomic mass is 32.2. The van der Waals surface area contributed by atoms with Crippen LogP contribution in [0, 0.1) is 5.92 Å². The minimum atomic E-state index is -2.95. The molecule has 0 aliphatic carbocycles. The molecule has 0 aromatic rings. The van der Waals surface area contributed by atoms with Gasteiger partial charge in [-0.25, -0.2) is 13.2 Å². The summed E-state index contributed by atoms with van der Waals surface area (Å²) in [4.78, 5) is 16.1. The van der Waals surface area contributed by atoms with Crippen molar-refractivity contribution in [3.63, 3.8) is 0 Å². The van der Waals surface area contributed by atoms with Gasteiger partial charge in [0.25, 0.3) is 0 Å². The van der Waals surface area contributed by atoms with Gasteiger partial charge in [0.1, 0.15) is 5.60 Å². The van der Waals surface area contributed by atoms with E-state index < -0.39 is 21.5 Å². The maximum absolute atomic E-state index is 12.0. The monoisotopic (exact) mass is 376 g/mol. The maximum atomic E-state index is 12.0. The number of carbonyl (C=O) groups excluding carboxylic acids is 1. The average molecular weight is 377 g/mol. The average Bonchev–Trinajstić information content (AvgIpc) is 2.78. The molecule has 2 atom stereocenters. The van der Waals surface area contributed by atoms with Gasteiger partial charge in [0, 0.05) is 19.6 Å². The van der Waals surface area contributed by atoms with Crippen molar-refractivity contribution < 1.29 is 17.9 Å². The van der Waals surface area contributed by atoms with E-state index in [-0.39, 0.29) is 29.5 Å². The van der Waals surface area contributed by atoms with Gasteiger partial charge in [-0.05, 0) is 33.1 Å². The predicted molar refractivity (Wildman–Crippen MR) is 99.6 cm³/mol. The molecule has 1 fully saturated rings. The molecule has 1 heterocycles. The summed E-state index contributed by atoms with van der Waals surface area (Å²) in [6.07, 6.45) is 0.116. The Morgan fingerprint density at radius 3 is 2.40 bits per heavy atom. The van der Waals surface area contributed by atoms with Crippen LogP contribution in [-0.4, -0.2) is 63.3 Å². The Kier molecular flexibility index (Phi) is 7.52. The molecule has 3 N–H and O–H groups in total. The Bertz CT molecular complexity index is 581. The van der Waals surface area contributed by atoms with Crippen LogP contribution in [0.1, 0.15) is 41.0 Å². The van der Waals surface area contributed by atoms with Crippen LogP contribution in [0.25, 0.3) is 0 Å². The Balaban J connectivity index is 2.53. The standard InChI is InChI=1S/C16H32N4O4S/c1-11(2)13(20-15(21)24-16(3,4)5)9-18-14(17-6)19-12-7-8-25(22,23)10-12/h11-13H,7-10H2,1-6H3,(H,20,21)(H2,17,18,19). The normalized spacial score (nSPS) is 21.7. The predicted octanol–water partition coefficient (Wildman–Crippen LogP) is 0.888. The fourth-order valence-electron chi connectivity index (χ4n) is 2.42. The smallest absolute Gasteiger partial charge is 0.407 e. The second-order valence-corrected chi connectivity index (χ2v) is 9.92. The number of nitrogens with one attached hydrogen (secondary N) is 3. The van der Waals surface area contributed by atoms with Crippen molar-refractivity contribution in [2.75, 3.05) is 25.1 Å². The zero-order chi connectivity index (χ0) is 19.3. The number of carbonyl (C=O) groups is 1. The number of alkyl carbamates (subject to hydrolysis) is 1. The van der Waals surface area contributed by atoms with E-state index in [2.05, 4.69) is 20.9 Å². The van der Waals surface area contributed by atoms with Crippen molar-refractivity contribution in [3.8, 4) is 0 Å². The molecule has 1 aliphatic rings. The Morgan fingerprint density at radius 2 is 1.96 bits per heavy atom. The van der Waals surface area contributed by atoms with Crippen molar-refractivity contribution in [2.24, 2.45) is 10.9 Å². The van der Waals surface area contributed by atoms with E-state index in [0.717, 1.165) is 0 Å². The SMILES string of the molecule is CN=C(NCC(NC(=O)OC(C)(C)C)C(C)C)NC1CCS(=O)(=O)C1. The largest absolute Gasteiger partial charge is 0.444 e. The summed E-state index contributed by atoms with van der Waals surface area (Å²) in [5.41, 5.74) is -0.551. The number of guanidine groups is 1. The van der Waals surface area contributed by atoms with Crippen LogP contribution in [0.3, 0.4) is 0 Å². The fraction of sp³-hybridized carbons (Fsp3) is 0.875. The highest BCUT2D eigenvalue weighted by Gasteiger charge is 2.28. The minimum absolute atomic E-state index is 0.122. The number of ether oxygens (including phenoxy) is 1. The summed E-state index contributed by atoms with van der Waals surface area (Å²) >= 11 is 0. The van der Waals surface area contributed by atoms with Crippen molar-refractivity contribution >= 4 is 21.9 Å². The van der Waals surface area contributed by atoms with Crippen molar-refractivity contribution in [1.82, 2.24) is 16.0 Å². The summed E-state index contributed by atoms with van der Waals surface area (Å²) in [6, 6.07) is -0.284. The Hall–Kier alpha value is -1.51. The molecule has 2 unspecified atom stereocenters. The molecule has 25 heavy (non-hydrogen) atoms. The van der Waals surface area contributed by atoms with Crippen LogP contribution in [0.15, 0.2) is 4.99 Å². The molecular formula is C16H32N4O4S. The van der Waals surface area contributed by atoms with E-state index >= 15 is 0 Å². The first-order valence-electron chi connectivity index (χ1n) is 8.59. The van der Waals surface area contributed by atoms with Gasteiger partial charge in [-0.3, -0.25) is 4.99 Å². The van der Waals surface area contributed by atoms with E-state index in [9.17, 15) is 13.2 Å². The van der Waals surface area contributed by atoms with Gasteiger partial charge in [-0.15, -0.1) is 0 Å². The van der Waals surface area contributed by atoms with Gasteiger partial charge in [-0.2, -0.15) is 0 Å². The van der Waals surface area contributed by atoms with Crippen LogP contribution in [0.2, 0.25) is 0 Å². The van der Waals surface area contributed by atoms with Gasteiger partial charge in [0.05, 0.1) is 17.5 Å². The molecule has 146 valence electrons. The van der Waals surface area contributed by atoms with Crippen LogP contribution in [-0.2, 0) is 14.6 Å². The summed E-state index contributed by atoms with van der Waals surface area (Å²) in [6.45, 7) is 9.91. The number of sulfone groups is 1. The van der Waals surface area contributed by atoms with Crippen molar-refractivity contribution in [3.05, 3.63) is 0 Å². The minimum Gasteiger partial charge on any atom is -0.444 e. The zero-order valence-electron chi connectivity index (χ0n) is 16.0. The second kappa shape index (κ2) is 8.73. The summed E-state index contributed by atoms with van der Waals surface area (Å²) in [5, 5.41) is 9.13. The first-order chi connectivity index (χ1) is 11.4.